The predicted octanol–water partition coefficient (Wildman–Crippen LogP) is 3.44. The molecule has 0 bridgehead atoms. The van der Waals surface area contributed by atoms with Crippen LogP contribution in [0.25, 0.3) is 0 Å². The standard InChI is InChI=1S/C21H26N2O5S/c1-5-15-28-19-11-7-16(8-12-19)22-21(24)20(6-2)23(29(4,25)26)17-9-13-18(27-3)14-10-17/h5,7-14,20H,1,6,15H2,2-4H3,(H,22,24)/t20-/m1/s1. The minimum Gasteiger partial charge on any atom is -0.497 e. The average molecular weight is 419 g/mol. The van der Waals surface area contributed by atoms with E-state index in [1.807, 2.05) is 0 Å². The Kier molecular flexibility index (Phi) is 7.67. The van der Waals surface area contributed by atoms with Crippen LogP contribution in [0.5, 0.6) is 11.5 Å². The van der Waals surface area contributed by atoms with Crippen molar-refractivity contribution in [3.63, 3.8) is 0 Å². The number of carbonyl (C=O) groups is 1. The van der Waals surface area contributed by atoms with Crippen molar-refractivity contribution in [2.75, 3.05) is 29.6 Å². The molecule has 1 amide bonds. The summed E-state index contributed by atoms with van der Waals surface area (Å²) in [5.74, 6) is 0.818. The van der Waals surface area contributed by atoms with Gasteiger partial charge in [-0.2, -0.15) is 0 Å². The number of nitrogens with one attached hydrogen (secondary N) is 1. The number of amides is 1. The molecule has 2 rings (SSSR count). The average Bonchev–Trinajstić information content (AvgIpc) is 2.70. The molecule has 1 N–H and O–H groups in total. The van der Waals surface area contributed by atoms with E-state index in [4.69, 9.17) is 9.47 Å². The number of ether oxygens (including phenoxy) is 2. The van der Waals surface area contributed by atoms with Crippen molar-refractivity contribution >= 4 is 27.3 Å². The van der Waals surface area contributed by atoms with Gasteiger partial charge in [-0.15, -0.1) is 0 Å². The van der Waals surface area contributed by atoms with E-state index in [1.54, 1.807) is 61.5 Å². The zero-order valence-electron chi connectivity index (χ0n) is 16.8. The molecule has 0 saturated carbocycles. The van der Waals surface area contributed by atoms with Gasteiger partial charge in [-0.05, 0) is 55.0 Å². The Bertz CT molecular complexity index is 925. The van der Waals surface area contributed by atoms with Gasteiger partial charge in [0.2, 0.25) is 15.9 Å². The molecular formula is C21H26N2O5S. The first-order chi connectivity index (χ1) is 13.8. The van der Waals surface area contributed by atoms with Crippen LogP contribution < -0.4 is 19.1 Å². The summed E-state index contributed by atoms with van der Waals surface area (Å²) in [4.78, 5) is 12.9. The molecule has 0 aromatic heterocycles. The Morgan fingerprint density at radius 2 is 1.72 bits per heavy atom. The predicted molar refractivity (Wildman–Crippen MR) is 115 cm³/mol. The smallest absolute Gasteiger partial charge is 0.248 e. The first-order valence-corrected chi connectivity index (χ1v) is 10.9. The number of anilines is 2. The number of carbonyl (C=O) groups excluding carboxylic acids is 1. The van der Waals surface area contributed by atoms with Gasteiger partial charge in [0.15, 0.2) is 0 Å². The molecule has 156 valence electrons. The highest BCUT2D eigenvalue weighted by Crippen LogP contribution is 2.26. The number of benzene rings is 2. The van der Waals surface area contributed by atoms with Crippen LogP contribution in [-0.4, -0.2) is 40.3 Å². The minimum absolute atomic E-state index is 0.297. The lowest BCUT2D eigenvalue weighted by Gasteiger charge is -2.30. The van der Waals surface area contributed by atoms with Crippen LogP contribution in [0.4, 0.5) is 11.4 Å². The zero-order valence-corrected chi connectivity index (χ0v) is 17.6. The third-order valence-electron chi connectivity index (χ3n) is 4.15. The Balaban J connectivity index is 2.24. The summed E-state index contributed by atoms with van der Waals surface area (Å²) in [6.07, 6.45) is 3.02. The maximum Gasteiger partial charge on any atom is 0.248 e. The summed E-state index contributed by atoms with van der Waals surface area (Å²) in [6.45, 7) is 5.74. The van der Waals surface area contributed by atoms with Gasteiger partial charge in [-0.25, -0.2) is 8.42 Å². The second kappa shape index (κ2) is 9.97. The van der Waals surface area contributed by atoms with Crippen LogP contribution in [0.2, 0.25) is 0 Å². The number of hydrogen-bond acceptors (Lipinski definition) is 5. The number of sulfonamides is 1. The molecule has 0 heterocycles. The van der Waals surface area contributed by atoms with Crippen LogP contribution in [-0.2, 0) is 14.8 Å². The van der Waals surface area contributed by atoms with Crippen molar-refractivity contribution in [2.24, 2.45) is 0 Å². The summed E-state index contributed by atoms with van der Waals surface area (Å²) in [5, 5.41) is 2.78. The molecule has 0 aliphatic heterocycles. The molecule has 0 radical (unpaired) electrons. The van der Waals surface area contributed by atoms with Crippen LogP contribution in [0.3, 0.4) is 0 Å². The van der Waals surface area contributed by atoms with E-state index >= 15 is 0 Å². The Morgan fingerprint density at radius 1 is 1.14 bits per heavy atom. The van der Waals surface area contributed by atoms with E-state index in [2.05, 4.69) is 11.9 Å². The highest BCUT2D eigenvalue weighted by molar-refractivity contribution is 7.92. The molecule has 29 heavy (non-hydrogen) atoms. The maximum absolute atomic E-state index is 12.9. The van der Waals surface area contributed by atoms with Gasteiger partial charge in [-0.3, -0.25) is 9.10 Å². The van der Waals surface area contributed by atoms with Gasteiger partial charge in [-0.1, -0.05) is 19.6 Å². The first kappa shape index (κ1) is 22.3. The Morgan fingerprint density at radius 3 is 2.21 bits per heavy atom. The van der Waals surface area contributed by atoms with Gasteiger partial charge in [0.1, 0.15) is 24.1 Å². The third-order valence-corrected chi connectivity index (χ3v) is 5.33. The molecule has 0 unspecified atom stereocenters. The van der Waals surface area contributed by atoms with Crippen LogP contribution in [0.1, 0.15) is 13.3 Å². The van der Waals surface area contributed by atoms with Crippen LogP contribution >= 0.6 is 0 Å². The van der Waals surface area contributed by atoms with Crippen LogP contribution in [0.15, 0.2) is 61.2 Å². The fraction of sp³-hybridized carbons (Fsp3) is 0.286. The second-order valence-corrected chi connectivity index (χ2v) is 8.15. The molecular weight excluding hydrogens is 392 g/mol. The molecule has 0 saturated heterocycles. The van der Waals surface area contributed by atoms with E-state index in [1.165, 1.54) is 7.11 Å². The van der Waals surface area contributed by atoms with Crippen molar-refractivity contribution in [3.05, 3.63) is 61.2 Å². The molecule has 0 spiro atoms. The lowest BCUT2D eigenvalue weighted by atomic mass is 10.1. The van der Waals surface area contributed by atoms with Gasteiger partial charge in [0.05, 0.1) is 19.1 Å². The molecule has 7 nitrogen and oxygen atoms in total. The summed E-state index contributed by atoms with van der Waals surface area (Å²) >= 11 is 0. The summed E-state index contributed by atoms with van der Waals surface area (Å²) < 4.78 is 36.6. The molecule has 0 aliphatic rings. The van der Waals surface area contributed by atoms with Gasteiger partial charge >= 0.3 is 0 Å². The quantitative estimate of drug-likeness (QED) is 0.598. The van der Waals surface area contributed by atoms with E-state index in [-0.39, 0.29) is 0 Å². The number of nitrogens with zero attached hydrogens (tertiary/aromatic N) is 1. The zero-order chi connectivity index (χ0) is 21.4. The van der Waals surface area contributed by atoms with Crippen LogP contribution in [0, 0.1) is 0 Å². The van der Waals surface area contributed by atoms with E-state index < -0.39 is 22.0 Å². The van der Waals surface area contributed by atoms with E-state index in [0.29, 0.717) is 35.9 Å². The Labute approximate surface area is 172 Å². The lowest BCUT2D eigenvalue weighted by Crippen LogP contribution is -2.46. The van der Waals surface area contributed by atoms with Gasteiger partial charge < -0.3 is 14.8 Å². The topological polar surface area (TPSA) is 84.9 Å². The van der Waals surface area contributed by atoms with Gasteiger partial charge in [0.25, 0.3) is 0 Å². The molecule has 0 fully saturated rings. The normalized spacial score (nSPS) is 12.0. The van der Waals surface area contributed by atoms with Crippen molar-refractivity contribution in [1.29, 1.82) is 0 Å². The summed E-state index contributed by atoms with van der Waals surface area (Å²) in [7, 11) is -2.17. The van der Waals surface area contributed by atoms with Gasteiger partial charge in [0, 0.05) is 5.69 Å². The fourth-order valence-electron chi connectivity index (χ4n) is 2.80. The van der Waals surface area contributed by atoms with Crippen molar-refractivity contribution < 1.29 is 22.7 Å². The highest BCUT2D eigenvalue weighted by atomic mass is 32.2. The third kappa shape index (κ3) is 5.99. The van der Waals surface area contributed by atoms with Crippen molar-refractivity contribution in [1.82, 2.24) is 0 Å². The molecule has 2 aromatic carbocycles. The highest BCUT2D eigenvalue weighted by Gasteiger charge is 2.31. The fourth-order valence-corrected chi connectivity index (χ4v) is 4.02. The SMILES string of the molecule is C=CCOc1ccc(NC(=O)[C@@H](CC)N(c2ccc(OC)cc2)S(C)(=O)=O)cc1. The second-order valence-electron chi connectivity index (χ2n) is 6.29. The first-order valence-electron chi connectivity index (χ1n) is 9.08. The van der Waals surface area contributed by atoms with Crippen molar-refractivity contribution in [3.8, 4) is 11.5 Å². The molecule has 2 aromatic rings. The van der Waals surface area contributed by atoms with E-state index in [9.17, 15) is 13.2 Å². The monoisotopic (exact) mass is 418 g/mol. The molecule has 0 aliphatic carbocycles. The minimum atomic E-state index is -3.70. The molecule has 8 heteroatoms. The van der Waals surface area contributed by atoms with E-state index in [0.717, 1.165) is 10.6 Å². The Hall–Kier alpha value is -3.00. The number of rotatable bonds is 10. The molecule has 1 atom stereocenters. The summed E-state index contributed by atoms with van der Waals surface area (Å²) in [5.41, 5.74) is 0.936. The summed E-state index contributed by atoms with van der Waals surface area (Å²) in [6, 6.07) is 12.5. The maximum atomic E-state index is 12.9. The van der Waals surface area contributed by atoms with Crippen molar-refractivity contribution in [2.45, 2.75) is 19.4 Å². The largest absolute Gasteiger partial charge is 0.497 e. The number of hydrogen-bond donors (Lipinski definition) is 1. The number of methoxy groups -OCH3 is 1. The lowest BCUT2D eigenvalue weighted by molar-refractivity contribution is -0.117.